The number of amides is 1. The number of ether oxygens (including phenoxy) is 1. The Labute approximate surface area is 205 Å². The monoisotopic (exact) mass is 485 g/mol. The van der Waals surface area contributed by atoms with Gasteiger partial charge in [-0.1, -0.05) is 37.3 Å². The molecule has 182 valence electrons. The van der Waals surface area contributed by atoms with Crippen LogP contribution in [0.25, 0.3) is 32.9 Å². The summed E-state index contributed by atoms with van der Waals surface area (Å²) >= 11 is 0. The number of nitrogens with zero attached hydrogens (tertiary/aromatic N) is 2. The highest BCUT2D eigenvalue weighted by Gasteiger charge is 2.14. The van der Waals surface area contributed by atoms with Crippen LogP contribution >= 0.6 is 0 Å². The van der Waals surface area contributed by atoms with Crippen LogP contribution in [0.1, 0.15) is 31.5 Å². The Morgan fingerprint density at radius 1 is 1.11 bits per heavy atom. The summed E-state index contributed by atoms with van der Waals surface area (Å²) in [6, 6.07) is 17.5. The lowest BCUT2D eigenvalue weighted by Gasteiger charge is -2.10. The molecule has 0 saturated carbocycles. The van der Waals surface area contributed by atoms with Crippen LogP contribution in [-0.2, 0) is 11.2 Å². The second-order valence-corrected chi connectivity index (χ2v) is 8.60. The quantitative estimate of drug-likeness (QED) is 0.292. The number of anilines is 1. The van der Waals surface area contributed by atoms with E-state index in [1.165, 1.54) is 6.07 Å². The number of fused-ring (bicyclic) bond motifs is 2. The molecule has 0 fully saturated rings. The first kappa shape index (κ1) is 23.2. The molecule has 9 heteroatoms. The Morgan fingerprint density at radius 2 is 1.92 bits per heavy atom. The van der Waals surface area contributed by atoms with Gasteiger partial charge in [0.05, 0.1) is 22.1 Å². The van der Waals surface area contributed by atoms with Crippen LogP contribution in [0.3, 0.4) is 0 Å². The van der Waals surface area contributed by atoms with Crippen molar-refractivity contribution in [3.63, 3.8) is 0 Å². The van der Waals surface area contributed by atoms with Crippen molar-refractivity contribution >= 4 is 33.8 Å². The zero-order valence-electron chi connectivity index (χ0n) is 19.8. The number of halogens is 1. The van der Waals surface area contributed by atoms with Crippen LogP contribution in [0.5, 0.6) is 0 Å². The normalized spacial score (nSPS) is 12.1. The van der Waals surface area contributed by atoms with E-state index in [1.54, 1.807) is 42.5 Å². The third kappa shape index (κ3) is 4.68. The third-order valence-corrected chi connectivity index (χ3v) is 6.07. The van der Waals surface area contributed by atoms with Crippen LogP contribution in [0.15, 0.2) is 65.5 Å². The maximum atomic E-state index is 14.9. The number of nitrogens with one attached hydrogen (secondary N) is 3. The molecule has 2 heterocycles. The zero-order valence-corrected chi connectivity index (χ0v) is 19.8. The van der Waals surface area contributed by atoms with Crippen molar-refractivity contribution in [2.24, 2.45) is 0 Å². The van der Waals surface area contributed by atoms with Gasteiger partial charge in [-0.3, -0.25) is 10.1 Å². The first-order valence-electron chi connectivity index (χ1n) is 11.6. The van der Waals surface area contributed by atoms with Gasteiger partial charge in [0, 0.05) is 17.4 Å². The molecule has 0 aliphatic carbocycles. The van der Waals surface area contributed by atoms with E-state index in [0.717, 1.165) is 10.9 Å². The van der Waals surface area contributed by atoms with Crippen molar-refractivity contribution in [2.75, 3.05) is 5.32 Å². The van der Waals surface area contributed by atoms with Crippen molar-refractivity contribution in [1.29, 1.82) is 0 Å². The number of hydrogen-bond donors (Lipinski definition) is 3. The van der Waals surface area contributed by atoms with Gasteiger partial charge in [-0.2, -0.15) is 5.10 Å². The molecule has 1 unspecified atom stereocenters. The van der Waals surface area contributed by atoms with Crippen LogP contribution < -0.4 is 10.9 Å². The summed E-state index contributed by atoms with van der Waals surface area (Å²) in [6.45, 7) is 3.73. The number of aromatic amines is 2. The van der Waals surface area contributed by atoms with E-state index in [9.17, 15) is 14.0 Å². The Balaban J connectivity index is 1.43. The highest BCUT2D eigenvalue weighted by Crippen LogP contribution is 2.28. The second kappa shape index (κ2) is 9.61. The van der Waals surface area contributed by atoms with E-state index in [2.05, 4.69) is 25.5 Å². The van der Waals surface area contributed by atoms with E-state index in [4.69, 9.17) is 4.74 Å². The molecule has 0 saturated heterocycles. The van der Waals surface area contributed by atoms with Crippen molar-refractivity contribution in [3.05, 3.63) is 88.1 Å². The number of benzene rings is 3. The second-order valence-electron chi connectivity index (χ2n) is 8.60. The summed E-state index contributed by atoms with van der Waals surface area (Å²) in [4.78, 5) is 31.5. The molecule has 0 bridgehead atoms. The Hall–Kier alpha value is -4.53. The largest absolute Gasteiger partial charge is 0.446 e. The average molecular weight is 486 g/mol. The van der Waals surface area contributed by atoms with Gasteiger partial charge in [0.1, 0.15) is 11.9 Å². The lowest BCUT2D eigenvalue weighted by molar-refractivity contribution is 0.118. The fraction of sp³-hybridized carbons (Fsp3) is 0.185. The van der Waals surface area contributed by atoms with E-state index >= 15 is 0 Å². The minimum atomic E-state index is -0.592. The first-order valence-corrected chi connectivity index (χ1v) is 11.6. The predicted molar refractivity (Wildman–Crippen MR) is 137 cm³/mol. The molecule has 1 atom stereocenters. The third-order valence-electron chi connectivity index (χ3n) is 6.07. The Bertz CT molecular complexity index is 1640. The highest BCUT2D eigenvalue weighted by atomic mass is 19.1. The highest BCUT2D eigenvalue weighted by molar-refractivity contribution is 5.88. The predicted octanol–water partition coefficient (Wildman–Crippen LogP) is 5.54. The molecule has 5 aromatic rings. The molecule has 0 spiro atoms. The van der Waals surface area contributed by atoms with Crippen molar-refractivity contribution in [3.8, 4) is 11.1 Å². The van der Waals surface area contributed by atoms with Gasteiger partial charge in [-0.05, 0) is 54.8 Å². The fourth-order valence-electron chi connectivity index (χ4n) is 4.03. The minimum Gasteiger partial charge on any atom is -0.446 e. The molecular weight excluding hydrogens is 461 g/mol. The summed E-state index contributed by atoms with van der Waals surface area (Å²) < 4.78 is 20.1. The molecule has 3 aromatic carbocycles. The standard InChI is InChI=1S/C27H24FN5O3/c1-3-15(2)36-27(35)31-26-29-22-11-9-17(14-24(22)30-26)20-12-16(8-10-21(20)28)13-23-18-6-4-5-7-19(18)25(34)33-32-23/h4-12,14-15H,3,13H2,1-2H3,(H,33,34)(H2,29,30,31,35). The number of H-pyrrole nitrogens is 2. The maximum absolute atomic E-state index is 14.9. The molecule has 8 nitrogen and oxygen atoms in total. The van der Waals surface area contributed by atoms with Crippen molar-refractivity contribution in [1.82, 2.24) is 20.2 Å². The van der Waals surface area contributed by atoms with Gasteiger partial charge in [-0.15, -0.1) is 0 Å². The summed E-state index contributed by atoms with van der Waals surface area (Å²) in [6.07, 6.45) is 0.325. The lowest BCUT2D eigenvalue weighted by Crippen LogP contribution is -2.20. The summed E-state index contributed by atoms with van der Waals surface area (Å²) in [7, 11) is 0. The smallest absolute Gasteiger partial charge is 0.414 e. The van der Waals surface area contributed by atoms with Crippen LogP contribution in [0.2, 0.25) is 0 Å². The Kier molecular flexibility index (Phi) is 6.20. The summed E-state index contributed by atoms with van der Waals surface area (Å²) in [5.41, 5.74) is 3.64. The molecular formula is C27H24FN5O3. The zero-order chi connectivity index (χ0) is 25.2. The molecule has 5 rings (SSSR count). The minimum absolute atomic E-state index is 0.208. The van der Waals surface area contributed by atoms with Gasteiger partial charge in [0.25, 0.3) is 5.56 Å². The average Bonchev–Trinajstić information content (AvgIpc) is 3.28. The van der Waals surface area contributed by atoms with Crippen LogP contribution in [0, 0.1) is 5.82 Å². The topological polar surface area (TPSA) is 113 Å². The SMILES string of the molecule is CCC(C)OC(=O)Nc1nc2ccc(-c3cc(Cc4n[nH]c(=O)c5ccccc45)ccc3F)cc2[nH]1. The van der Waals surface area contributed by atoms with Crippen LogP contribution in [-0.4, -0.2) is 32.4 Å². The summed E-state index contributed by atoms with van der Waals surface area (Å²) in [5.74, 6) is -0.118. The number of rotatable bonds is 6. The van der Waals surface area contributed by atoms with Gasteiger partial charge in [0.2, 0.25) is 5.95 Å². The number of carbonyl (C=O) groups excluding carboxylic acids is 1. The van der Waals surface area contributed by atoms with E-state index in [1.807, 2.05) is 26.0 Å². The van der Waals surface area contributed by atoms with E-state index in [-0.39, 0.29) is 23.4 Å². The van der Waals surface area contributed by atoms with Gasteiger partial charge < -0.3 is 9.72 Å². The molecule has 0 radical (unpaired) electrons. The van der Waals surface area contributed by atoms with Crippen molar-refractivity contribution < 1.29 is 13.9 Å². The van der Waals surface area contributed by atoms with Gasteiger partial charge in [0.15, 0.2) is 0 Å². The maximum Gasteiger partial charge on any atom is 0.414 e. The summed E-state index contributed by atoms with van der Waals surface area (Å²) in [5, 5.41) is 10.7. The molecule has 2 aromatic heterocycles. The van der Waals surface area contributed by atoms with Crippen LogP contribution in [0.4, 0.5) is 15.1 Å². The molecule has 0 aliphatic rings. The fourth-order valence-corrected chi connectivity index (χ4v) is 4.03. The number of hydrogen-bond acceptors (Lipinski definition) is 5. The first-order chi connectivity index (χ1) is 17.4. The molecule has 3 N–H and O–H groups in total. The Morgan fingerprint density at radius 3 is 2.72 bits per heavy atom. The van der Waals surface area contributed by atoms with E-state index in [0.29, 0.717) is 46.1 Å². The van der Waals surface area contributed by atoms with Gasteiger partial charge in [-0.25, -0.2) is 19.3 Å². The number of carbonyl (C=O) groups is 1. The number of imidazole rings is 1. The van der Waals surface area contributed by atoms with Gasteiger partial charge >= 0.3 is 6.09 Å². The number of aromatic nitrogens is 4. The molecule has 1 amide bonds. The van der Waals surface area contributed by atoms with E-state index < -0.39 is 6.09 Å². The molecule has 36 heavy (non-hydrogen) atoms. The van der Waals surface area contributed by atoms with Crippen molar-refractivity contribution in [2.45, 2.75) is 32.8 Å². The molecule has 0 aliphatic heterocycles. The lowest BCUT2D eigenvalue weighted by atomic mass is 9.98.